The first-order valence-corrected chi connectivity index (χ1v) is 5.16. The number of aliphatic hydroxyl groups is 1. The molecule has 1 aromatic carbocycles. The molecule has 0 aliphatic heterocycles. The predicted molar refractivity (Wildman–Crippen MR) is 59.8 cm³/mol. The summed E-state index contributed by atoms with van der Waals surface area (Å²) in [4.78, 5) is 10.5. The zero-order chi connectivity index (χ0) is 12.3. The average molecular weight is 245 g/mol. The number of aliphatic carboxylic acids is 1. The third-order valence-electron chi connectivity index (χ3n) is 1.87. The van der Waals surface area contributed by atoms with Crippen molar-refractivity contribution in [2.45, 2.75) is 26.1 Å². The van der Waals surface area contributed by atoms with Crippen molar-refractivity contribution in [3.05, 3.63) is 28.8 Å². The molecular formula is C11H13ClO4. The van der Waals surface area contributed by atoms with Crippen molar-refractivity contribution in [3.63, 3.8) is 0 Å². The summed E-state index contributed by atoms with van der Waals surface area (Å²) in [6.07, 6.45) is -1.58. The van der Waals surface area contributed by atoms with Gasteiger partial charge in [-0.1, -0.05) is 17.7 Å². The zero-order valence-electron chi connectivity index (χ0n) is 8.98. The SMILES string of the molecule is CC(C)Oc1ccc(C(O)C(=O)O)cc1Cl. The second-order valence-electron chi connectivity index (χ2n) is 3.60. The van der Waals surface area contributed by atoms with Gasteiger partial charge < -0.3 is 14.9 Å². The first-order valence-electron chi connectivity index (χ1n) is 4.78. The van der Waals surface area contributed by atoms with E-state index in [1.165, 1.54) is 12.1 Å². The van der Waals surface area contributed by atoms with Gasteiger partial charge in [0.2, 0.25) is 0 Å². The molecule has 1 rings (SSSR count). The van der Waals surface area contributed by atoms with Gasteiger partial charge in [-0.3, -0.25) is 0 Å². The van der Waals surface area contributed by atoms with Crippen LogP contribution in [0.3, 0.4) is 0 Å². The van der Waals surface area contributed by atoms with E-state index in [9.17, 15) is 9.90 Å². The third kappa shape index (κ3) is 3.12. The Morgan fingerprint density at radius 2 is 2.06 bits per heavy atom. The van der Waals surface area contributed by atoms with E-state index in [1.54, 1.807) is 6.07 Å². The molecule has 0 heterocycles. The summed E-state index contributed by atoms with van der Waals surface area (Å²) in [5, 5.41) is 18.2. The van der Waals surface area contributed by atoms with E-state index >= 15 is 0 Å². The summed E-state index contributed by atoms with van der Waals surface area (Å²) in [5.74, 6) is -0.841. The molecule has 1 atom stereocenters. The largest absolute Gasteiger partial charge is 0.489 e. The Morgan fingerprint density at radius 1 is 1.44 bits per heavy atom. The number of aliphatic hydroxyl groups excluding tert-OH is 1. The van der Waals surface area contributed by atoms with Gasteiger partial charge in [0.05, 0.1) is 11.1 Å². The van der Waals surface area contributed by atoms with Gasteiger partial charge in [0, 0.05) is 0 Å². The Morgan fingerprint density at radius 3 is 2.50 bits per heavy atom. The highest BCUT2D eigenvalue weighted by molar-refractivity contribution is 6.32. The maximum atomic E-state index is 10.5. The van der Waals surface area contributed by atoms with Crippen molar-refractivity contribution < 1.29 is 19.7 Å². The maximum Gasteiger partial charge on any atom is 0.337 e. The van der Waals surface area contributed by atoms with Crippen LogP contribution in [0.2, 0.25) is 5.02 Å². The molecule has 0 radical (unpaired) electrons. The quantitative estimate of drug-likeness (QED) is 0.853. The molecule has 1 unspecified atom stereocenters. The first kappa shape index (κ1) is 12.8. The van der Waals surface area contributed by atoms with Crippen LogP contribution < -0.4 is 4.74 Å². The summed E-state index contributed by atoms with van der Waals surface area (Å²) >= 11 is 5.89. The Hall–Kier alpha value is -1.26. The molecule has 5 heteroatoms. The fourth-order valence-corrected chi connectivity index (χ4v) is 1.41. The van der Waals surface area contributed by atoms with Crippen LogP contribution in [0.5, 0.6) is 5.75 Å². The van der Waals surface area contributed by atoms with Crippen molar-refractivity contribution >= 4 is 17.6 Å². The van der Waals surface area contributed by atoms with Crippen molar-refractivity contribution in [2.75, 3.05) is 0 Å². The monoisotopic (exact) mass is 244 g/mol. The molecule has 0 fully saturated rings. The van der Waals surface area contributed by atoms with Gasteiger partial charge in [-0.05, 0) is 31.5 Å². The molecule has 0 aromatic heterocycles. The lowest BCUT2D eigenvalue weighted by Gasteiger charge is -2.13. The molecule has 0 amide bonds. The maximum absolute atomic E-state index is 10.5. The Balaban J connectivity index is 2.95. The van der Waals surface area contributed by atoms with Gasteiger partial charge in [-0.2, -0.15) is 0 Å². The van der Waals surface area contributed by atoms with Crippen LogP contribution >= 0.6 is 11.6 Å². The van der Waals surface area contributed by atoms with E-state index in [-0.39, 0.29) is 16.7 Å². The topological polar surface area (TPSA) is 66.8 Å². The molecule has 0 saturated heterocycles. The lowest BCUT2D eigenvalue weighted by molar-refractivity contribution is -0.146. The normalized spacial score (nSPS) is 12.6. The number of carbonyl (C=O) groups is 1. The lowest BCUT2D eigenvalue weighted by atomic mass is 10.1. The van der Waals surface area contributed by atoms with E-state index in [2.05, 4.69) is 0 Å². The van der Waals surface area contributed by atoms with Crippen LogP contribution in [0, 0.1) is 0 Å². The number of hydrogen-bond acceptors (Lipinski definition) is 3. The average Bonchev–Trinajstić information content (AvgIpc) is 2.19. The zero-order valence-corrected chi connectivity index (χ0v) is 9.73. The minimum Gasteiger partial charge on any atom is -0.489 e. The number of halogens is 1. The summed E-state index contributed by atoms with van der Waals surface area (Å²) in [6, 6.07) is 4.41. The van der Waals surface area contributed by atoms with Gasteiger partial charge in [0.25, 0.3) is 0 Å². The summed E-state index contributed by atoms with van der Waals surface area (Å²) in [7, 11) is 0. The van der Waals surface area contributed by atoms with Gasteiger partial charge in [-0.15, -0.1) is 0 Å². The highest BCUT2D eigenvalue weighted by Crippen LogP contribution is 2.28. The Labute approximate surface area is 98.4 Å². The summed E-state index contributed by atoms with van der Waals surface area (Å²) in [6.45, 7) is 3.71. The standard InChI is InChI=1S/C11H13ClO4/c1-6(2)16-9-4-3-7(5-8(9)12)10(13)11(14)15/h3-6,10,13H,1-2H3,(H,14,15). The molecular weight excluding hydrogens is 232 g/mol. The van der Waals surface area contributed by atoms with Gasteiger partial charge in [0.1, 0.15) is 5.75 Å². The van der Waals surface area contributed by atoms with E-state index in [0.29, 0.717) is 5.75 Å². The number of carboxylic acid groups (broad SMARTS) is 1. The fraction of sp³-hybridized carbons (Fsp3) is 0.364. The Kier molecular flexibility index (Phi) is 4.15. The number of carboxylic acids is 1. The molecule has 2 N–H and O–H groups in total. The minimum atomic E-state index is -1.56. The molecule has 4 nitrogen and oxygen atoms in total. The van der Waals surface area contributed by atoms with Crippen LogP contribution in [0.25, 0.3) is 0 Å². The molecule has 16 heavy (non-hydrogen) atoms. The van der Waals surface area contributed by atoms with E-state index in [4.69, 9.17) is 21.4 Å². The fourth-order valence-electron chi connectivity index (χ4n) is 1.18. The van der Waals surface area contributed by atoms with Crippen molar-refractivity contribution in [1.82, 2.24) is 0 Å². The van der Waals surface area contributed by atoms with Gasteiger partial charge >= 0.3 is 5.97 Å². The third-order valence-corrected chi connectivity index (χ3v) is 2.16. The van der Waals surface area contributed by atoms with Crippen molar-refractivity contribution in [3.8, 4) is 5.75 Å². The van der Waals surface area contributed by atoms with Crippen LogP contribution in [-0.4, -0.2) is 22.3 Å². The molecule has 88 valence electrons. The lowest BCUT2D eigenvalue weighted by Crippen LogP contribution is -2.11. The number of hydrogen-bond donors (Lipinski definition) is 2. The van der Waals surface area contributed by atoms with Crippen LogP contribution in [-0.2, 0) is 4.79 Å². The summed E-state index contributed by atoms with van der Waals surface area (Å²) < 4.78 is 5.38. The highest BCUT2D eigenvalue weighted by atomic mass is 35.5. The molecule has 0 saturated carbocycles. The van der Waals surface area contributed by atoms with Gasteiger partial charge in [0.15, 0.2) is 6.10 Å². The molecule has 1 aromatic rings. The number of ether oxygens (including phenoxy) is 1. The van der Waals surface area contributed by atoms with Crippen molar-refractivity contribution in [2.24, 2.45) is 0 Å². The van der Waals surface area contributed by atoms with Crippen molar-refractivity contribution in [1.29, 1.82) is 0 Å². The highest BCUT2D eigenvalue weighted by Gasteiger charge is 2.17. The molecule has 0 aliphatic carbocycles. The van der Waals surface area contributed by atoms with E-state index in [0.717, 1.165) is 0 Å². The van der Waals surface area contributed by atoms with Crippen LogP contribution in [0.15, 0.2) is 18.2 Å². The molecule has 0 aliphatic rings. The molecule has 0 spiro atoms. The van der Waals surface area contributed by atoms with E-state index < -0.39 is 12.1 Å². The minimum absolute atomic E-state index is 0.0206. The smallest absolute Gasteiger partial charge is 0.337 e. The second-order valence-corrected chi connectivity index (χ2v) is 4.00. The van der Waals surface area contributed by atoms with E-state index in [1.807, 2.05) is 13.8 Å². The van der Waals surface area contributed by atoms with Crippen LogP contribution in [0.1, 0.15) is 25.5 Å². The summed E-state index contributed by atoms with van der Waals surface area (Å²) in [5.41, 5.74) is 0.230. The molecule has 0 bridgehead atoms. The predicted octanol–water partition coefficient (Wildman–Crippen LogP) is 2.25. The van der Waals surface area contributed by atoms with Crippen LogP contribution in [0.4, 0.5) is 0 Å². The first-order chi connectivity index (χ1) is 7.41. The Bertz CT molecular complexity index is 390. The number of benzene rings is 1. The van der Waals surface area contributed by atoms with Gasteiger partial charge in [-0.25, -0.2) is 4.79 Å². The second kappa shape index (κ2) is 5.18. The number of rotatable bonds is 4.